The molecule has 106 valence electrons. The standard InChI is InChI=1S/C14H13Cl3N2O/c1-8-4-9(2-3-18)7-19-14(8)20-13-6-11(16)10(15)5-12(13)17/h4-7H,2-3,18H2,1H3. The lowest BCUT2D eigenvalue weighted by molar-refractivity contribution is 0.458. The van der Waals surface area contributed by atoms with Crippen molar-refractivity contribution in [2.45, 2.75) is 13.3 Å². The molecule has 0 saturated heterocycles. The van der Waals surface area contributed by atoms with E-state index in [2.05, 4.69) is 4.98 Å². The second-order valence-electron chi connectivity index (χ2n) is 4.30. The Bertz CT molecular complexity index is 632. The summed E-state index contributed by atoms with van der Waals surface area (Å²) in [4.78, 5) is 4.27. The highest BCUT2D eigenvalue weighted by molar-refractivity contribution is 6.43. The Morgan fingerprint density at radius 3 is 2.45 bits per heavy atom. The lowest BCUT2D eigenvalue weighted by Crippen LogP contribution is -2.03. The van der Waals surface area contributed by atoms with Crippen LogP contribution in [0, 0.1) is 6.92 Å². The van der Waals surface area contributed by atoms with E-state index in [1.807, 2.05) is 13.0 Å². The molecular formula is C14H13Cl3N2O. The number of hydrogen-bond donors (Lipinski definition) is 1. The molecule has 2 rings (SSSR count). The van der Waals surface area contributed by atoms with Crippen LogP contribution in [0.2, 0.25) is 15.1 Å². The lowest BCUT2D eigenvalue weighted by Gasteiger charge is -2.11. The summed E-state index contributed by atoms with van der Waals surface area (Å²) in [5.41, 5.74) is 7.49. The van der Waals surface area contributed by atoms with Crippen LogP contribution >= 0.6 is 34.8 Å². The van der Waals surface area contributed by atoms with Crippen LogP contribution in [0.3, 0.4) is 0 Å². The quantitative estimate of drug-likeness (QED) is 0.830. The summed E-state index contributed by atoms with van der Waals surface area (Å²) in [6.07, 6.45) is 2.52. The van der Waals surface area contributed by atoms with Gasteiger partial charge >= 0.3 is 0 Å². The number of halogens is 3. The first-order valence-electron chi connectivity index (χ1n) is 5.99. The molecule has 0 aliphatic rings. The molecule has 0 fully saturated rings. The Hall–Kier alpha value is -1.000. The van der Waals surface area contributed by atoms with E-state index in [-0.39, 0.29) is 0 Å². The third-order valence-corrected chi connectivity index (χ3v) is 3.72. The van der Waals surface area contributed by atoms with E-state index in [1.165, 1.54) is 0 Å². The molecule has 2 aromatic rings. The number of pyridine rings is 1. The smallest absolute Gasteiger partial charge is 0.222 e. The van der Waals surface area contributed by atoms with Crippen molar-refractivity contribution in [3.05, 3.63) is 50.6 Å². The topological polar surface area (TPSA) is 48.1 Å². The van der Waals surface area contributed by atoms with Crippen molar-refractivity contribution < 1.29 is 4.74 Å². The van der Waals surface area contributed by atoms with Gasteiger partial charge in [-0.05, 0) is 37.6 Å². The average Bonchev–Trinajstić information content (AvgIpc) is 2.39. The first kappa shape index (κ1) is 15.4. The monoisotopic (exact) mass is 330 g/mol. The van der Waals surface area contributed by atoms with E-state index in [1.54, 1.807) is 18.3 Å². The summed E-state index contributed by atoms with van der Waals surface area (Å²) in [6, 6.07) is 5.10. The number of aryl methyl sites for hydroxylation is 1. The number of nitrogens with two attached hydrogens (primary N) is 1. The molecule has 0 unspecified atom stereocenters. The van der Waals surface area contributed by atoms with Crippen molar-refractivity contribution in [1.29, 1.82) is 0 Å². The van der Waals surface area contributed by atoms with Crippen molar-refractivity contribution in [3.63, 3.8) is 0 Å². The molecule has 0 aliphatic carbocycles. The van der Waals surface area contributed by atoms with Crippen molar-refractivity contribution in [1.82, 2.24) is 4.98 Å². The van der Waals surface area contributed by atoms with Gasteiger partial charge in [-0.25, -0.2) is 4.98 Å². The number of rotatable bonds is 4. The Kier molecular flexibility index (Phi) is 5.11. The van der Waals surface area contributed by atoms with Crippen molar-refractivity contribution in [2.24, 2.45) is 5.73 Å². The maximum atomic E-state index is 6.07. The van der Waals surface area contributed by atoms with Gasteiger partial charge in [0.25, 0.3) is 0 Å². The van der Waals surface area contributed by atoms with Gasteiger partial charge in [-0.2, -0.15) is 0 Å². The van der Waals surface area contributed by atoms with E-state index >= 15 is 0 Å². The summed E-state index contributed by atoms with van der Waals surface area (Å²) in [5, 5.41) is 1.14. The van der Waals surface area contributed by atoms with Gasteiger partial charge in [-0.3, -0.25) is 0 Å². The molecule has 20 heavy (non-hydrogen) atoms. The fraction of sp³-hybridized carbons (Fsp3) is 0.214. The van der Waals surface area contributed by atoms with Crippen LogP contribution in [-0.4, -0.2) is 11.5 Å². The molecule has 0 atom stereocenters. The number of ether oxygens (including phenoxy) is 1. The fourth-order valence-corrected chi connectivity index (χ4v) is 2.29. The average molecular weight is 332 g/mol. The van der Waals surface area contributed by atoms with Gasteiger partial charge in [0.1, 0.15) is 5.75 Å². The second-order valence-corrected chi connectivity index (χ2v) is 5.52. The Balaban J connectivity index is 2.28. The number of aromatic nitrogens is 1. The fourth-order valence-electron chi connectivity index (χ4n) is 1.72. The number of benzene rings is 1. The Morgan fingerprint density at radius 2 is 1.80 bits per heavy atom. The minimum atomic E-state index is 0.378. The third kappa shape index (κ3) is 3.55. The van der Waals surface area contributed by atoms with Crippen LogP contribution in [0.25, 0.3) is 0 Å². The van der Waals surface area contributed by atoms with E-state index < -0.39 is 0 Å². The largest absolute Gasteiger partial charge is 0.437 e. The lowest BCUT2D eigenvalue weighted by atomic mass is 10.1. The molecule has 2 N–H and O–H groups in total. The van der Waals surface area contributed by atoms with E-state index in [9.17, 15) is 0 Å². The van der Waals surface area contributed by atoms with Crippen molar-refractivity contribution in [3.8, 4) is 11.6 Å². The zero-order valence-corrected chi connectivity index (χ0v) is 13.1. The highest BCUT2D eigenvalue weighted by Crippen LogP contribution is 2.36. The van der Waals surface area contributed by atoms with Gasteiger partial charge in [0, 0.05) is 17.8 Å². The molecule has 0 radical (unpaired) electrons. The summed E-state index contributed by atoms with van der Waals surface area (Å²) in [7, 11) is 0. The molecule has 1 heterocycles. The third-order valence-electron chi connectivity index (χ3n) is 2.70. The number of nitrogens with zero attached hydrogens (tertiary/aromatic N) is 1. The highest BCUT2D eigenvalue weighted by Gasteiger charge is 2.10. The first-order chi connectivity index (χ1) is 9.51. The minimum Gasteiger partial charge on any atom is -0.437 e. The van der Waals surface area contributed by atoms with Gasteiger partial charge < -0.3 is 10.5 Å². The molecule has 6 heteroatoms. The molecule has 3 nitrogen and oxygen atoms in total. The van der Waals surface area contributed by atoms with Crippen LogP contribution < -0.4 is 10.5 Å². The first-order valence-corrected chi connectivity index (χ1v) is 7.12. The zero-order chi connectivity index (χ0) is 14.7. The molecule has 0 bridgehead atoms. The van der Waals surface area contributed by atoms with Crippen molar-refractivity contribution >= 4 is 34.8 Å². The van der Waals surface area contributed by atoms with Crippen LogP contribution in [-0.2, 0) is 6.42 Å². The predicted molar refractivity (Wildman–Crippen MR) is 83.3 cm³/mol. The molecule has 0 amide bonds. The summed E-state index contributed by atoms with van der Waals surface area (Å²) in [5.74, 6) is 0.898. The van der Waals surface area contributed by atoms with Crippen LogP contribution in [0.5, 0.6) is 11.6 Å². The van der Waals surface area contributed by atoms with Gasteiger partial charge in [0.15, 0.2) is 0 Å². The van der Waals surface area contributed by atoms with Gasteiger partial charge in [0.05, 0.1) is 15.1 Å². The van der Waals surface area contributed by atoms with Crippen LogP contribution in [0.15, 0.2) is 24.4 Å². The molecular weight excluding hydrogens is 319 g/mol. The summed E-state index contributed by atoms with van der Waals surface area (Å²) >= 11 is 17.9. The van der Waals surface area contributed by atoms with Crippen LogP contribution in [0.1, 0.15) is 11.1 Å². The van der Waals surface area contributed by atoms with Gasteiger partial charge in [-0.1, -0.05) is 34.8 Å². The van der Waals surface area contributed by atoms with E-state index in [0.29, 0.717) is 33.2 Å². The Morgan fingerprint density at radius 1 is 1.10 bits per heavy atom. The molecule has 1 aromatic carbocycles. The predicted octanol–water partition coefficient (Wildman–Crippen LogP) is 4.64. The minimum absolute atomic E-state index is 0.378. The maximum Gasteiger partial charge on any atom is 0.222 e. The summed E-state index contributed by atoms with van der Waals surface area (Å²) in [6.45, 7) is 2.49. The highest BCUT2D eigenvalue weighted by atomic mass is 35.5. The maximum absolute atomic E-state index is 6.07. The molecule has 1 aromatic heterocycles. The van der Waals surface area contributed by atoms with E-state index in [0.717, 1.165) is 17.5 Å². The Labute approximate surface area is 132 Å². The molecule has 0 spiro atoms. The zero-order valence-electron chi connectivity index (χ0n) is 10.8. The SMILES string of the molecule is Cc1cc(CCN)cnc1Oc1cc(Cl)c(Cl)cc1Cl. The molecule has 0 aliphatic heterocycles. The normalized spacial score (nSPS) is 10.7. The van der Waals surface area contributed by atoms with Gasteiger partial charge in [-0.15, -0.1) is 0 Å². The van der Waals surface area contributed by atoms with Gasteiger partial charge in [0.2, 0.25) is 5.88 Å². The number of hydrogen-bond acceptors (Lipinski definition) is 3. The second kappa shape index (κ2) is 6.64. The van der Waals surface area contributed by atoms with E-state index in [4.69, 9.17) is 45.3 Å². The molecule has 0 saturated carbocycles. The summed E-state index contributed by atoms with van der Waals surface area (Å²) < 4.78 is 5.69. The van der Waals surface area contributed by atoms with Crippen LogP contribution in [0.4, 0.5) is 0 Å². The van der Waals surface area contributed by atoms with Crippen molar-refractivity contribution in [2.75, 3.05) is 6.54 Å².